The van der Waals surface area contributed by atoms with Crippen LogP contribution in [0.4, 0.5) is 5.69 Å². The van der Waals surface area contributed by atoms with Gasteiger partial charge >= 0.3 is 5.97 Å². The van der Waals surface area contributed by atoms with Gasteiger partial charge in [0.1, 0.15) is 0 Å². The fourth-order valence-corrected chi connectivity index (χ4v) is 2.66. The van der Waals surface area contributed by atoms with E-state index < -0.39 is 5.97 Å². The number of carbonyl (C=O) groups excluding carboxylic acids is 2. The Morgan fingerprint density at radius 2 is 1.86 bits per heavy atom. The summed E-state index contributed by atoms with van der Waals surface area (Å²) in [5.41, 5.74) is 2.14. The van der Waals surface area contributed by atoms with Gasteiger partial charge in [0.15, 0.2) is 6.61 Å². The molecule has 6 heteroatoms. The van der Waals surface area contributed by atoms with Crippen molar-refractivity contribution in [1.82, 2.24) is 0 Å². The third kappa shape index (κ3) is 4.81. The van der Waals surface area contributed by atoms with Gasteiger partial charge in [0.05, 0.1) is 11.3 Å². The van der Waals surface area contributed by atoms with Crippen LogP contribution >= 0.6 is 38.5 Å². The molecule has 0 aliphatic rings. The average molecular weight is 474 g/mol. The molecule has 1 N–H and O–H groups in total. The number of benzene rings is 2. The molecule has 0 saturated carbocycles. The SMILES string of the molecule is Cc1ccc(NC(=O)COC(=O)c2ccc(I)cc2)c(Br)c1. The van der Waals surface area contributed by atoms with Gasteiger partial charge in [-0.25, -0.2) is 4.79 Å². The van der Waals surface area contributed by atoms with Crippen LogP contribution in [0.3, 0.4) is 0 Å². The molecule has 0 aliphatic heterocycles. The van der Waals surface area contributed by atoms with Crippen molar-refractivity contribution in [3.8, 4) is 0 Å². The first-order chi connectivity index (χ1) is 10.5. The lowest BCUT2D eigenvalue weighted by Gasteiger charge is -2.09. The highest BCUT2D eigenvalue weighted by Crippen LogP contribution is 2.23. The Labute approximate surface area is 150 Å². The van der Waals surface area contributed by atoms with Gasteiger partial charge in [-0.3, -0.25) is 4.79 Å². The van der Waals surface area contributed by atoms with E-state index in [2.05, 4.69) is 43.8 Å². The summed E-state index contributed by atoms with van der Waals surface area (Å²) in [5, 5.41) is 2.69. The Morgan fingerprint density at radius 3 is 2.50 bits per heavy atom. The van der Waals surface area contributed by atoms with E-state index in [-0.39, 0.29) is 12.5 Å². The maximum atomic E-state index is 11.8. The van der Waals surface area contributed by atoms with Crippen molar-refractivity contribution in [2.24, 2.45) is 0 Å². The number of esters is 1. The number of rotatable bonds is 4. The summed E-state index contributed by atoms with van der Waals surface area (Å²) < 4.78 is 6.80. The molecule has 0 saturated heterocycles. The van der Waals surface area contributed by atoms with Gasteiger partial charge in [0.2, 0.25) is 0 Å². The zero-order chi connectivity index (χ0) is 16.1. The first-order valence-electron chi connectivity index (χ1n) is 6.44. The maximum absolute atomic E-state index is 11.8. The summed E-state index contributed by atoms with van der Waals surface area (Å²) in [6.07, 6.45) is 0. The largest absolute Gasteiger partial charge is 0.452 e. The Bertz CT molecular complexity index is 701. The fraction of sp³-hybridized carbons (Fsp3) is 0.125. The van der Waals surface area contributed by atoms with Gasteiger partial charge in [-0.15, -0.1) is 0 Å². The fourth-order valence-electron chi connectivity index (χ4n) is 1.71. The van der Waals surface area contributed by atoms with Crippen molar-refractivity contribution in [3.63, 3.8) is 0 Å². The lowest BCUT2D eigenvalue weighted by atomic mass is 10.2. The molecule has 22 heavy (non-hydrogen) atoms. The van der Waals surface area contributed by atoms with Crippen LogP contribution in [0.25, 0.3) is 0 Å². The van der Waals surface area contributed by atoms with Gasteiger partial charge in [0, 0.05) is 8.04 Å². The quantitative estimate of drug-likeness (QED) is 0.536. The highest BCUT2D eigenvalue weighted by Gasteiger charge is 2.11. The van der Waals surface area contributed by atoms with E-state index in [1.54, 1.807) is 30.3 Å². The minimum atomic E-state index is -0.519. The molecule has 0 radical (unpaired) electrons. The number of hydrogen-bond acceptors (Lipinski definition) is 3. The lowest BCUT2D eigenvalue weighted by molar-refractivity contribution is -0.119. The molecule has 0 unspecified atom stereocenters. The summed E-state index contributed by atoms with van der Waals surface area (Å²) in [6.45, 7) is 1.63. The molecule has 0 atom stereocenters. The van der Waals surface area contributed by atoms with E-state index in [4.69, 9.17) is 4.74 Å². The normalized spacial score (nSPS) is 10.1. The van der Waals surface area contributed by atoms with Gasteiger partial charge in [0.25, 0.3) is 5.91 Å². The molecule has 0 heterocycles. The Morgan fingerprint density at radius 1 is 1.18 bits per heavy atom. The van der Waals surface area contributed by atoms with Crippen molar-refractivity contribution in [2.45, 2.75) is 6.92 Å². The minimum Gasteiger partial charge on any atom is -0.452 e. The summed E-state index contributed by atoms with van der Waals surface area (Å²) in [6, 6.07) is 12.5. The van der Waals surface area contributed by atoms with Crippen LogP contribution in [0, 0.1) is 10.5 Å². The third-order valence-electron chi connectivity index (χ3n) is 2.81. The number of carbonyl (C=O) groups is 2. The maximum Gasteiger partial charge on any atom is 0.338 e. The van der Waals surface area contributed by atoms with Gasteiger partial charge in [-0.05, 0) is 87.4 Å². The highest BCUT2D eigenvalue weighted by atomic mass is 127. The van der Waals surface area contributed by atoms with E-state index in [1.165, 1.54) is 0 Å². The van der Waals surface area contributed by atoms with Crippen molar-refractivity contribution >= 4 is 56.1 Å². The van der Waals surface area contributed by atoms with Gasteiger partial charge in [-0.1, -0.05) is 6.07 Å². The third-order valence-corrected chi connectivity index (χ3v) is 4.19. The Kier molecular flexibility index (Phi) is 5.96. The van der Waals surface area contributed by atoms with Crippen LogP contribution in [0.15, 0.2) is 46.9 Å². The van der Waals surface area contributed by atoms with E-state index in [9.17, 15) is 9.59 Å². The monoisotopic (exact) mass is 473 g/mol. The first kappa shape index (κ1) is 17.0. The molecule has 114 valence electrons. The average Bonchev–Trinajstić information content (AvgIpc) is 2.48. The number of amides is 1. The predicted molar refractivity (Wildman–Crippen MR) is 97.0 cm³/mol. The second-order valence-corrected chi connectivity index (χ2v) is 6.71. The zero-order valence-corrected chi connectivity index (χ0v) is 15.5. The molecular weight excluding hydrogens is 461 g/mol. The lowest BCUT2D eigenvalue weighted by Crippen LogP contribution is -2.21. The van der Waals surface area contributed by atoms with Gasteiger partial charge in [-0.2, -0.15) is 0 Å². The number of aryl methyl sites for hydroxylation is 1. The first-order valence-corrected chi connectivity index (χ1v) is 8.31. The molecule has 1 amide bonds. The van der Waals surface area contributed by atoms with E-state index in [0.717, 1.165) is 13.6 Å². The molecule has 2 aromatic rings. The van der Waals surface area contributed by atoms with Crippen LogP contribution in [-0.2, 0) is 9.53 Å². The summed E-state index contributed by atoms with van der Waals surface area (Å²) in [5.74, 6) is -0.905. The van der Waals surface area contributed by atoms with Crippen molar-refractivity contribution in [1.29, 1.82) is 0 Å². The molecule has 0 bridgehead atoms. The molecule has 0 aliphatic carbocycles. The zero-order valence-electron chi connectivity index (χ0n) is 11.7. The smallest absolute Gasteiger partial charge is 0.338 e. The predicted octanol–water partition coefficient (Wildman–Crippen LogP) is 4.16. The number of nitrogens with one attached hydrogen (secondary N) is 1. The Hall–Kier alpha value is -1.41. The highest BCUT2D eigenvalue weighted by molar-refractivity contribution is 14.1. The van der Waals surface area contributed by atoms with Crippen LogP contribution in [0.2, 0.25) is 0 Å². The van der Waals surface area contributed by atoms with Crippen LogP contribution in [-0.4, -0.2) is 18.5 Å². The number of halogens is 2. The molecule has 2 rings (SSSR count). The number of hydrogen-bond donors (Lipinski definition) is 1. The van der Waals surface area contributed by atoms with Crippen molar-refractivity contribution in [3.05, 3.63) is 61.6 Å². The number of ether oxygens (including phenoxy) is 1. The summed E-state index contributed by atoms with van der Waals surface area (Å²) in [4.78, 5) is 23.6. The molecule has 2 aromatic carbocycles. The minimum absolute atomic E-state index is 0.328. The van der Waals surface area contributed by atoms with Crippen LogP contribution < -0.4 is 5.32 Å². The topological polar surface area (TPSA) is 55.4 Å². The second-order valence-electron chi connectivity index (χ2n) is 4.61. The van der Waals surface area contributed by atoms with E-state index in [1.807, 2.05) is 19.1 Å². The molecule has 0 spiro atoms. The molecular formula is C16H13BrINO3. The van der Waals surface area contributed by atoms with Gasteiger partial charge < -0.3 is 10.1 Å². The van der Waals surface area contributed by atoms with Crippen molar-refractivity contribution < 1.29 is 14.3 Å². The summed E-state index contributed by atoms with van der Waals surface area (Å²) >= 11 is 5.52. The van der Waals surface area contributed by atoms with E-state index in [0.29, 0.717) is 11.3 Å². The number of anilines is 1. The molecule has 0 aromatic heterocycles. The van der Waals surface area contributed by atoms with E-state index >= 15 is 0 Å². The van der Waals surface area contributed by atoms with Crippen LogP contribution in [0.1, 0.15) is 15.9 Å². The Balaban J connectivity index is 1.89. The standard InChI is InChI=1S/C16H13BrINO3/c1-10-2-7-14(13(17)8-10)19-15(20)9-22-16(21)11-3-5-12(18)6-4-11/h2-8H,9H2,1H3,(H,19,20). The summed E-state index contributed by atoms with van der Waals surface area (Å²) in [7, 11) is 0. The van der Waals surface area contributed by atoms with Crippen LogP contribution in [0.5, 0.6) is 0 Å². The molecule has 4 nitrogen and oxygen atoms in total. The second kappa shape index (κ2) is 7.73. The van der Waals surface area contributed by atoms with Crippen molar-refractivity contribution in [2.75, 3.05) is 11.9 Å². The molecule has 0 fully saturated rings.